The molecule has 0 heterocycles. The molecule has 68 valence electrons. The topological polar surface area (TPSA) is 20.2 Å². The van der Waals surface area contributed by atoms with Gasteiger partial charge in [0.25, 0.3) is 0 Å². The third-order valence-corrected chi connectivity index (χ3v) is 5.02. The van der Waals surface area contributed by atoms with Crippen molar-refractivity contribution in [3.05, 3.63) is 0 Å². The van der Waals surface area contributed by atoms with E-state index in [2.05, 4.69) is 0 Å². The summed E-state index contributed by atoms with van der Waals surface area (Å²) in [7, 11) is 0. The van der Waals surface area contributed by atoms with Crippen LogP contribution in [0.5, 0.6) is 0 Å². The van der Waals surface area contributed by atoms with Crippen LogP contribution in [0.4, 0.5) is 0 Å². The van der Waals surface area contributed by atoms with E-state index in [4.69, 9.17) is 5.11 Å². The van der Waals surface area contributed by atoms with Gasteiger partial charge in [0, 0.05) is 6.61 Å². The Kier molecular flexibility index (Phi) is 1.39. The quantitative estimate of drug-likeness (QED) is 0.633. The molecule has 0 aromatic heterocycles. The van der Waals surface area contributed by atoms with Crippen molar-refractivity contribution in [2.75, 3.05) is 6.61 Å². The Balaban J connectivity index is 1.84. The largest absolute Gasteiger partial charge is 0.396 e. The molecule has 0 aromatic rings. The summed E-state index contributed by atoms with van der Waals surface area (Å²) in [6.45, 7) is 0.457. The van der Waals surface area contributed by atoms with Crippen molar-refractivity contribution in [3.8, 4) is 0 Å². The lowest BCUT2D eigenvalue weighted by molar-refractivity contribution is -0.0578. The second kappa shape index (κ2) is 2.25. The van der Waals surface area contributed by atoms with Crippen LogP contribution in [0.15, 0.2) is 0 Å². The van der Waals surface area contributed by atoms with Crippen molar-refractivity contribution in [1.29, 1.82) is 0 Å². The number of aliphatic hydroxyl groups excluding tert-OH is 1. The molecule has 3 saturated carbocycles. The monoisotopic (exact) mass is 166 g/mol. The molecule has 0 radical (unpaired) electrons. The molecule has 1 N–H and O–H groups in total. The Bertz CT molecular complexity index is 201. The number of rotatable bonds is 1. The lowest BCUT2D eigenvalue weighted by Gasteiger charge is -2.52. The third-order valence-electron chi connectivity index (χ3n) is 5.02. The van der Waals surface area contributed by atoms with Crippen LogP contribution in [0.1, 0.15) is 38.5 Å². The zero-order valence-corrected chi connectivity index (χ0v) is 7.63. The zero-order chi connectivity index (χ0) is 8.18. The van der Waals surface area contributed by atoms with Crippen LogP contribution in [0.2, 0.25) is 0 Å². The molecule has 12 heavy (non-hydrogen) atoms. The van der Waals surface area contributed by atoms with Gasteiger partial charge in [-0.1, -0.05) is 6.42 Å². The van der Waals surface area contributed by atoms with Gasteiger partial charge in [-0.3, -0.25) is 0 Å². The minimum atomic E-state index is 0.457. The van der Waals surface area contributed by atoms with E-state index in [9.17, 15) is 0 Å². The maximum atomic E-state index is 9.15. The van der Waals surface area contributed by atoms with Crippen molar-refractivity contribution >= 4 is 0 Å². The number of aliphatic hydroxyl groups is 1. The molecule has 0 amide bonds. The smallest absolute Gasteiger partial charge is 0.0462 e. The molecule has 1 heteroatoms. The summed E-state index contributed by atoms with van der Waals surface area (Å²) in [5.41, 5.74) is 0.757. The predicted molar refractivity (Wildman–Crippen MR) is 47.7 cm³/mol. The van der Waals surface area contributed by atoms with E-state index in [0.29, 0.717) is 12.5 Å². The highest BCUT2D eigenvalue weighted by molar-refractivity contribution is 5.11. The summed E-state index contributed by atoms with van der Waals surface area (Å²) in [5, 5.41) is 9.15. The van der Waals surface area contributed by atoms with E-state index in [-0.39, 0.29) is 0 Å². The maximum Gasteiger partial charge on any atom is 0.0462 e. The van der Waals surface area contributed by atoms with E-state index >= 15 is 0 Å². The van der Waals surface area contributed by atoms with Crippen LogP contribution in [0.3, 0.4) is 0 Å². The van der Waals surface area contributed by atoms with Gasteiger partial charge in [-0.05, 0) is 55.3 Å². The van der Waals surface area contributed by atoms with Crippen LogP contribution in [0.25, 0.3) is 0 Å². The molecule has 0 saturated heterocycles. The van der Waals surface area contributed by atoms with Crippen LogP contribution < -0.4 is 0 Å². The third kappa shape index (κ3) is 0.654. The lowest BCUT2D eigenvalue weighted by Crippen LogP contribution is -2.47. The normalized spacial score (nSPS) is 56.2. The van der Waals surface area contributed by atoms with Crippen LogP contribution in [0, 0.1) is 23.2 Å². The van der Waals surface area contributed by atoms with Gasteiger partial charge in [0.2, 0.25) is 0 Å². The maximum absolute atomic E-state index is 9.15. The summed E-state index contributed by atoms with van der Waals surface area (Å²) in [6.07, 6.45) is 8.71. The average molecular weight is 166 g/mol. The van der Waals surface area contributed by atoms with E-state index in [1.807, 2.05) is 0 Å². The minimum Gasteiger partial charge on any atom is -0.396 e. The van der Waals surface area contributed by atoms with Crippen LogP contribution >= 0.6 is 0 Å². The van der Waals surface area contributed by atoms with Gasteiger partial charge in [0.05, 0.1) is 0 Å². The molecule has 3 rings (SSSR count). The fourth-order valence-electron chi connectivity index (χ4n) is 4.54. The second-order valence-electron chi connectivity index (χ2n) is 5.15. The summed E-state index contributed by atoms with van der Waals surface area (Å²) in [5.74, 6) is 2.67. The molecule has 0 aliphatic heterocycles. The molecule has 0 bridgehead atoms. The van der Waals surface area contributed by atoms with Gasteiger partial charge in [-0.25, -0.2) is 0 Å². The average Bonchev–Trinajstić information content (AvgIpc) is 2.54. The van der Waals surface area contributed by atoms with Crippen molar-refractivity contribution < 1.29 is 5.11 Å². The molecule has 0 aromatic carbocycles. The fourth-order valence-corrected chi connectivity index (χ4v) is 4.54. The number of hydrogen-bond donors (Lipinski definition) is 1. The van der Waals surface area contributed by atoms with Gasteiger partial charge in [-0.15, -0.1) is 0 Å². The molecule has 0 unspecified atom stereocenters. The molecular formula is C11H18O. The second-order valence-corrected chi connectivity index (χ2v) is 5.15. The SMILES string of the molecule is OC[C@@H]1C[C@]23CCC[C@@H]2CC[C@H]13. The van der Waals surface area contributed by atoms with E-state index in [1.54, 1.807) is 0 Å². The molecule has 3 aliphatic carbocycles. The van der Waals surface area contributed by atoms with Gasteiger partial charge in [0.1, 0.15) is 0 Å². The highest BCUT2D eigenvalue weighted by Gasteiger charge is 2.61. The van der Waals surface area contributed by atoms with Crippen molar-refractivity contribution in [3.63, 3.8) is 0 Å². The van der Waals surface area contributed by atoms with E-state index in [0.717, 1.165) is 17.3 Å². The fraction of sp³-hybridized carbons (Fsp3) is 1.00. The van der Waals surface area contributed by atoms with Gasteiger partial charge in [0.15, 0.2) is 0 Å². The first-order chi connectivity index (χ1) is 5.87. The van der Waals surface area contributed by atoms with Crippen LogP contribution in [-0.2, 0) is 0 Å². The number of hydrogen-bond acceptors (Lipinski definition) is 1. The first-order valence-electron chi connectivity index (χ1n) is 5.48. The minimum absolute atomic E-state index is 0.457. The van der Waals surface area contributed by atoms with Gasteiger partial charge < -0.3 is 5.11 Å². The lowest BCUT2D eigenvalue weighted by atomic mass is 9.53. The first kappa shape index (κ1) is 7.37. The summed E-state index contributed by atoms with van der Waals surface area (Å²) in [6, 6.07) is 0. The van der Waals surface area contributed by atoms with Gasteiger partial charge >= 0.3 is 0 Å². The van der Waals surface area contributed by atoms with Crippen molar-refractivity contribution in [2.45, 2.75) is 38.5 Å². The summed E-state index contributed by atoms with van der Waals surface area (Å²) in [4.78, 5) is 0. The predicted octanol–water partition coefficient (Wildman–Crippen LogP) is 2.20. The molecule has 1 nitrogen and oxygen atoms in total. The Morgan fingerprint density at radius 2 is 2.17 bits per heavy atom. The summed E-state index contributed by atoms with van der Waals surface area (Å²) < 4.78 is 0. The molecular weight excluding hydrogens is 148 g/mol. The Morgan fingerprint density at radius 1 is 1.25 bits per heavy atom. The van der Waals surface area contributed by atoms with E-state index < -0.39 is 0 Å². The zero-order valence-electron chi connectivity index (χ0n) is 7.63. The first-order valence-corrected chi connectivity index (χ1v) is 5.48. The highest BCUT2D eigenvalue weighted by atomic mass is 16.3. The molecule has 1 spiro atoms. The molecule has 3 fully saturated rings. The van der Waals surface area contributed by atoms with Crippen LogP contribution in [-0.4, -0.2) is 11.7 Å². The van der Waals surface area contributed by atoms with Gasteiger partial charge in [-0.2, -0.15) is 0 Å². The Morgan fingerprint density at radius 3 is 3.00 bits per heavy atom. The highest BCUT2D eigenvalue weighted by Crippen LogP contribution is 2.69. The van der Waals surface area contributed by atoms with E-state index in [1.165, 1.54) is 38.5 Å². The molecule has 3 aliphatic rings. The van der Waals surface area contributed by atoms with Crippen molar-refractivity contribution in [2.24, 2.45) is 23.2 Å². The Hall–Kier alpha value is -0.0400. The van der Waals surface area contributed by atoms with Crippen molar-refractivity contribution in [1.82, 2.24) is 0 Å². The Labute approximate surface area is 74.2 Å². The molecule has 4 atom stereocenters. The standard InChI is InChI=1S/C11H18O/c12-7-8-6-11-5-1-2-9(11)3-4-10(8)11/h8-10,12H,1-7H2/t8-,9+,10+,11+/m0/s1. The summed E-state index contributed by atoms with van der Waals surface area (Å²) >= 11 is 0.